The van der Waals surface area contributed by atoms with Gasteiger partial charge in [-0.3, -0.25) is 10.8 Å². The molecule has 0 aliphatic rings. The van der Waals surface area contributed by atoms with Gasteiger partial charge in [0.05, 0.1) is 11.6 Å². The fourth-order valence-corrected chi connectivity index (χ4v) is 2.58. The van der Waals surface area contributed by atoms with Gasteiger partial charge in [0.15, 0.2) is 0 Å². The quantitative estimate of drug-likeness (QED) is 0.498. The Balaban J connectivity index is 2.63. The van der Waals surface area contributed by atoms with E-state index in [1.807, 2.05) is 0 Å². The van der Waals surface area contributed by atoms with Gasteiger partial charge in [-0.15, -0.1) is 0 Å². The van der Waals surface area contributed by atoms with Crippen molar-refractivity contribution in [1.29, 1.82) is 0 Å². The molecule has 0 amide bonds. The molecule has 0 bridgehead atoms. The summed E-state index contributed by atoms with van der Waals surface area (Å²) < 4.78 is 53.5. The van der Waals surface area contributed by atoms with Crippen LogP contribution in [0.15, 0.2) is 41.1 Å². The minimum Gasteiger partial charge on any atom is -0.271 e. The predicted molar refractivity (Wildman–Crippen MR) is 72.5 cm³/mol. The van der Waals surface area contributed by atoms with Gasteiger partial charge in [0.25, 0.3) is 0 Å². The number of halogens is 5. The number of nitrogens with one attached hydrogen (secondary N) is 1. The Bertz CT molecular complexity index is 625. The van der Waals surface area contributed by atoms with Gasteiger partial charge in [0.2, 0.25) is 0 Å². The first-order chi connectivity index (χ1) is 9.86. The lowest BCUT2D eigenvalue weighted by atomic mass is 9.96. The van der Waals surface area contributed by atoms with E-state index >= 15 is 0 Å². The van der Waals surface area contributed by atoms with E-state index in [-0.39, 0.29) is 11.1 Å². The van der Waals surface area contributed by atoms with E-state index in [4.69, 9.17) is 5.84 Å². The van der Waals surface area contributed by atoms with Gasteiger partial charge < -0.3 is 0 Å². The van der Waals surface area contributed by atoms with Crippen LogP contribution in [0.2, 0.25) is 0 Å². The number of alkyl halides is 3. The number of benzene rings is 1. The zero-order chi connectivity index (χ0) is 15.6. The van der Waals surface area contributed by atoms with Crippen molar-refractivity contribution in [3.8, 4) is 0 Å². The number of rotatable bonds is 3. The summed E-state index contributed by atoms with van der Waals surface area (Å²) in [6.45, 7) is 0. The standard InChI is InChI=1S/C13H10BrF4N3/c14-9-2-1-3-10(15)11(9)12(21-19)7-6-20-5-4-8(7)13(16,17)18/h1-6,12,21H,19H2. The van der Waals surface area contributed by atoms with Crippen molar-refractivity contribution in [2.45, 2.75) is 12.2 Å². The van der Waals surface area contributed by atoms with Crippen molar-refractivity contribution >= 4 is 15.9 Å². The van der Waals surface area contributed by atoms with Crippen molar-refractivity contribution in [1.82, 2.24) is 10.4 Å². The van der Waals surface area contributed by atoms with Crippen LogP contribution in [0, 0.1) is 5.82 Å². The molecular weight excluding hydrogens is 354 g/mol. The van der Waals surface area contributed by atoms with Crippen LogP contribution in [-0.2, 0) is 6.18 Å². The van der Waals surface area contributed by atoms with E-state index in [9.17, 15) is 17.6 Å². The Hall–Kier alpha value is -1.51. The van der Waals surface area contributed by atoms with Gasteiger partial charge in [-0.1, -0.05) is 22.0 Å². The second-order valence-electron chi connectivity index (χ2n) is 4.20. The smallest absolute Gasteiger partial charge is 0.271 e. The van der Waals surface area contributed by atoms with Crippen LogP contribution >= 0.6 is 15.9 Å². The minimum absolute atomic E-state index is 0.0153. The highest BCUT2D eigenvalue weighted by atomic mass is 79.9. The maximum atomic E-state index is 14.0. The fourth-order valence-electron chi connectivity index (χ4n) is 2.01. The largest absolute Gasteiger partial charge is 0.416 e. The average Bonchev–Trinajstić information content (AvgIpc) is 2.42. The van der Waals surface area contributed by atoms with Crippen LogP contribution in [0.1, 0.15) is 22.7 Å². The molecule has 2 rings (SSSR count). The number of pyridine rings is 1. The Labute approximate surface area is 126 Å². The van der Waals surface area contributed by atoms with Crippen molar-refractivity contribution < 1.29 is 17.6 Å². The summed E-state index contributed by atoms with van der Waals surface area (Å²) in [5, 5.41) is 0. The molecule has 1 aromatic carbocycles. The summed E-state index contributed by atoms with van der Waals surface area (Å²) in [4.78, 5) is 3.68. The second kappa shape index (κ2) is 6.08. The molecule has 21 heavy (non-hydrogen) atoms. The van der Waals surface area contributed by atoms with Crippen LogP contribution in [0.5, 0.6) is 0 Å². The molecule has 0 aliphatic heterocycles. The second-order valence-corrected chi connectivity index (χ2v) is 5.05. The molecule has 1 unspecified atom stereocenters. The summed E-state index contributed by atoms with van der Waals surface area (Å²) in [5.41, 5.74) is 1.03. The van der Waals surface area contributed by atoms with Gasteiger partial charge in [-0.25, -0.2) is 9.82 Å². The van der Waals surface area contributed by atoms with Gasteiger partial charge in [-0.05, 0) is 18.2 Å². The van der Waals surface area contributed by atoms with Gasteiger partial charge in [-0.2, -0.15) is 13.2 Å². The lowest BCUT2D eigenvalue weighted by Gasteiger charge is -2.22. The summed E-state index contributed by atoms with van der Waals surface area (Å²) in [6.07, 6.45) is -2.55. The van der Waals surface area contributed by atoms with E-state index in [0.717, 1.165) is 24.5 Å². The number of nitrogens with two attached hydrogens (primary N) is 1. The van der Waals surface area contributed by atoms with Crippen LogP contribution < -0.4 is 11.3 Å². The molecule has 1 aromatic heterocycles. The molecule has 2 aromatic rings. The molecule has 1 atom stereocenters. The van der Waals surface area contributed by atoms with E-state index < -0.39 is 23.6 Å². The van der Waals surface area contributed by atoms with E-state index in [1.165, 1.54) is 12.1 Å². The lowest BCUT2D eigenvalue weighted by molar-refractivity contribution is -0.138. The summed E-state index contributed by atoms with van der Waals surface area (Å²) in [6, 6.07) is 3.74. The molecule has 0 saturated carbocycles. The molecule has 8 heteroatoms. The maximum absolute atomic E-state index is 14.0. The minimum atomic E-state index is -4.59. The summed E-state index contributed by atoms with van der Waals surface area (Å²) in [7, 11) is 0. The van der Waals surface area contributed by atoms with E-state index in [2.05, 4.69) is 26.3 Å². The molecule has 0 aliphatic carbocycles. The van der Waals surface area contributed by atoms with Crippen molar-refractivity contribution in [3.05, 3.63) is 63.6 Å². The Morgan fingerprint density at radius 2 is 1.95 bits per heavy atom. The number of hydrazine groups is 1. The third-order valence-electron chi connectivity index (χ3n) is 2.92. The van der Waals surface area contributed by atoms with Crippen molar-refractivity contribution in [2.24, 2.45) is 5.84 Å². The molecule has 0 fully saturated rings. The molecule has 0 saturated heterocycles. The highest BCUT2D eigenvalue weighted by Gasteiger charge is 2.36. The first-order valence-electron chi connectivity index (χ1n) is 5.77. The molecule has 0 spiro atoms. The third-order valence-corrected chi connectivity index (χ3v) is 3.61. The third kappa shape index (κ3) is 3.22. The topological polar surface area (TPSA) is 50.9 Å². The van der Waals surface area contributed by atoms with E-state index in [1.54, 1.807) is 0 Å². The Kier molecular flexibility index (Phi) is 4.60. The van der Waals surface area contributed by atoms with Gasteiger partial charge in [0.1, 0.15) is 5.82 Å². The zero-order valence-corrected chi connectivity index (χ0v) is 12.0. The number of hydrogen-bond donors (Lipinski definition) is 2. The Morgan fingerprint density at radius 1 is 1.24 bits per heavy atom. The van der Waals surface area contributed by atoms with Crippen LogP contribution in [0.3, 0.4) is 0 Å². The molecule has 3 N–H and O–H groups in total. The molecule has 112 valence electrons. The molecule has 3 nitrogen and oxygen atoms in total. The lowest BCUT2D eigenvalue weighted by Crippen LogP contribution is -2.31. The zero-order valence-electron chi connectivity index (χ0n) is 10.5. The van der Waals surface area contributed by atoms with Crippen molar-refractivity contribution in [3.63, 3.8) is 0 Å². The SMILES string of the molecule is NNC(c1cnccc1C(F)(F)F)c1c(F)cccc1Br. The van der Waals surface area contributed by atoms with Crippen LogP contribution in [0.4, 0.5) is 17.6 Å². The average molecular weight is 364 g/mol. The molecule has 1 heterocycles. The molecule has 0 radical (unpaired) electrons. The number of nitrogens with zero attached hydrogens (tertiary/aromatic N) is 1. The van der Waals surface area contributed by atoms with E-state index in [0.29, 0.717) is 4.47 Å². The fraction of sp³-hybridized carbons (Fsp3) is 0.154. The van der Waals surface area contributed by atoms with Crippen LogP contribution in [0.25, 0.3) is 0 Å². The highest BCUT2D eigenvalue weighted by Crippen LogP contribution is 2.38. The monoisotopic (exact) mass is 363 g/mol. The molecular formula is C13H10BrF4N3. The summed E-state index contributed by atoms with van der Waals surface area (Å²) >= 11 is 3.12. The first-order valence-corrected chi connectivity index (χ1v) is 6.56. The number of aromatic nitrogens is 1. The Morgan fingerprint density at radius 3 is 2.52 bits per heavy atom. The van der Waals surface area contributed by atoms with Gasteiger partial charge >= 0.3 is 6.18 Å². The first kappa shape index (κ1) is 15.9. The predicted octanol–water partition coefficient (Wildman–Crippen LogP) is 3.55. The van der Waals surface area contributed by atoms with Gasteiger partial charge in [0, 0.05) is 28.0 Å². The summed E-state index contributed by atoms with van der Waals surface area (Å²) in [5.74, 6) is 4.68. The highest BCUT2D eigenvalue weighted by molar-refractivity contribution is 9.10. The van der Waals surface area contributed by atoms with Crippen molar-refractivity contribution in [2.75, 3.05) is 0 Å². The maximum Gasteiger partial charge on any atom is 0.416 e. The number of hydrogen-bond acceptors (Lipinski definition) is 3. The normalized spacial score (nSPS) is 13.2. The van der Waals surface area contributed by atoms with Crippen LogP contribution in [-0.4, -0.2) is 4.98 Å².